The number of primary amides is 1. The van der Waals surface area contributed by atoms with Gasteiger partial charge in [-0.1, -0.05) is 26.0 Å². The van der Waals surface area contributed by atoms with Crippen molar-refractivity contribution in [2.24, 2.45) is 16.8 Å². The predicted octanol–water partition coefficient (Wildman–Crippen LogP) is -0.249. The second-order valence-corrected chi connectivity index (χ2v) is 11.5. The first-order chi connectivity index (χ1) is 17.5. The van der Waals surface area contributed by atoms with Gasteiger partial charge in [0.15, 0.2) is 0 Å². The van der Waals surface area contributed by atoms with Gasteiger partial charge >= 0.3 is 0 Å². The van der Waals surface area contributed by atoms with Crippen LogP contribution in [-0.2, 0) is 30.8 Å². The van der Waals surface area contributed by atoms with Crippen LogP contribution in [0.1, 0.15) is 38.7 Å². The highest BCUT2D eigenvalue weighted by Crippen LogP contribution is 2.11. The van der Waals surface area contributed by atoms with E-state index in [2.05, 4.69) is 24.1 Å². The number of nitrogens with zero attached hydrogens (tertiary/aromatic N) is 3. The average Bonchev–Trinajstić information content (AvgIpc) is 3.34. The number of primary sulfonamides is 1. The Morgan fingerprint density at radius 2 is 1.62 bits per heavy atom. The summed E-state index contributed by atoms with van der Waals surface area (Å²) < 4.78 is 22.9. The maximum atomic E-state index is 13.2. The van der Waals surface area contributed by atoms with Gasteiger partial charge in [-0.05, 0) is 62.4 Å². The van der Waals surface area contributed by atoms with Crippen molar-refractivity contribution in [2.45, 2.75) is 44.4 Å². The number of hydrogen-bond acceptors (Lipinski definition) is 7. The summed E-state index contributed by atoms with van der Waals surface area (Å²) in [5.41, 5.74) is 6.15. The zero-order valence-electron chi connectivity index (χ0n) is 22.0. The summed E-state index contributed by atoms with van der Waals surface area (Å²) in [5, 5.41) is 8.33. The monoisotopic (exact) mass is 538 g/mol. The molecule has 0 aromatic heterocycles. The van der Waals surface area contributed by atoms with Crippen molar-refractivity contribution in [3.8, 4) is 0 Å². The van der Waals surface area contributed by atoms with Crippen LogP contribution in [0.25, 0.3) is 0 Å². The van der Waals surface area contributed by atoms with Crippen molar-refractivity contribution >= 4 is 27.7 Å². The fourth-order valence-corrected chi connectivity index (χ4v) is 4.63. The number of carbonyl (C=O) groups excluding carboxylic acids is 3. The minimum atomic E-state index is -3.80. The number of amides is 3. The summed E-state index contributed by atoms with van der Waals surface area (Å²) in [4.78, 5) is 43.0. The maximum Gasteiger partial charge on any atom is 0.242 e. The summed E-state index contributed by atoms with van der Waals surface area (Å²) in [6, 6.07) is 6.01. The molecule has 1 aliphatic heterocycles. The lowest BCUT2D eigenvalue weighted by atomic mass is 10.1. The van der Waals surface area contributed by atoms with Crippen molar-refractivity contribution in [2.75, 3.05) is 58.9 Å². The minimum absolute atomic E-state index is 0.00494. The first-order valence-electron chi connectivity index (χ1n) is 12.8. The van der Waals surface area contributed by atoms with E-state index in [1.54, 1.807) is 17.0 Å². The molecule has 1 fully saturated rings. The lowest BCUT2D eigenvalue weighted by Crippen LogP contribution is -2.48. The van der Waals surface area contributed by atoms with Crippen LogP contribution in [0.2, 0.25) is 0 Å². The molecule has 0 bridgehead atoms. The van der Waals surface area contributed by atoms with Gasteiger partial charge in [-0.15, -0.1) is 0 Å². The van der Waals surface area contributed by atoms with Crippen LogP contribution in [0.5, 0.6) is 0 Å². The summed E-state index contributed by atoms with van der Waals surface area (Å²) in [6.07, 6.45) is 3.56. The molecule has 0 atom stereocenters. The molecule has 0 spiro atoms. The molecule has 3 amide bonds. The molecule has 1 heterocycles. The van der Waals surface area contributed by atoms with Crippen molar-refractivity contribution in [3.63, 3.8) is 0 Å². The maximum absolute atomic E-state index is 13.2. The number of benzene rings is 1. The first kappa shape index (κ1) is 30.7. The van der Waals surface area contributed by atoms with E-state index in [-0.39, 0.29) is 42.9 Å². The fourth-order valence-electron chi connectivity index (χ4n) is 4.11. The highest BCUT2D eigenvalue weighted by Gasteiger charge is 2.23. The summed E-state index contributed by atoms with van der Waals surface area (Å²) in [7, 11) is -3.80. The van der Waals surface area contributed by atoms with Gasteiger partial charge < -0.3 is 25.8 Å². The van der Waals surface area contributed by atoms with Gasteiger partial charge in [0.05, 0.1) is 24.5 Å². The van der Waals surface area contributed by atoms with E-state index in [0.29, 0.717) is 25.4 Å². The topological polar surface area (TPSA) is 159 Å². The van der Waals surface area contributed by atoms with Crippen LogP contribution in [0.3, 0.4) is 0 Å². The molecule has 1 aromatic carbocycles. The molecule has 0 radical (unpaired) electrons. The van der Waals surface area contributed by atoms with E-state index >= 15 is 0 Å². The third-order valence-corrected chi connectivity index (χ3v) is 7.29. The SMILES string of the molecule is CC(C)CCN(CC(=O)N(CCc1ccc(S(N)(=O)=O)cc1)CC(N)=O)C(=O)CNCCN1CCCC1. The van der Waals surface area contributed by atoms with E-state index in [1.807, 2.05) is 0 Å². The number of nitrogens with one attached hydrogen (secondary N) is 1. The zero-order valence-corrected chi connectivity index (χ0v) is 22.8. The van der Waals surface area contributed by atoms with Crippen LogP contribution in [0.15, 0.2) is 29.2 Å². The molecule has 37 heavy (non-hydrogen) atoms. The van der Waals surface area contributed by atoms with Crippen LogP contribution in [-0.4, -0.2) is 99.7 Å². The molecule has 11 nitrogen and oxygen atoms in total. The van der Waals surface area contributed by atoms with E-state index < -0.39 is 15.9 Å². The number of likely N-dealkylation sites (tertiary alicyclic amines) is 1. The Kier molecular flexibility index (Phi) is 12.4. The first-order valence-corrected chi connectivity index (χ1v) is 14.4. The molecule has 0 aliphatic carbocycles. The van der Waals surface area contributed by atoms with E-state index in [4.69, 9.17) is 10.9 Å². The smallest absolute Gasteiger partial charge is 0.242 e. The summed E-state index contributed by atoms with van der Waals surface area (Å²) in [6.45, 7) is 8.26. The Labute approximate surface area is 220 Å². The highest BCUT2D eigenvalue weighted by molar-refractivity contribution is 7.89. The van der Waals surface area contributed by atoms with Crippen molar-refractivity contribution in [1.29, 1.82) is 0 Å². The Morgan fingerprint density at radius 1 is 1.00 bits per heavy atom. The standard InChI is InChI=1S/C25H42N6O5S/c1-20(2)9-14-31(24(33)17-28-11-16-29-12-3-4-13-29)19-25(34)30(18-23(26)32)15-10-21-5-7-22(8-6-21)37(27,35)36/h5-8,20,28H,3-4,9-19H2,1-2H3,(H2,26,32)(H2,27,35,36). The number of rotatable bonds is 16. The van der Waals surface area contributed by atoms with E-state index in [1.165, 1.54) is 29.9 Å². The second kappa shape index (κ2) is 15.0. The third-order valence-electron chi connectivity index (χ3n) is 6.36. The lowest BCUT2D eigenvalue weighted by molar-refractivity contribution is -0.141. The Balaban J connectivity index is 1.97. The Bertz CT molecular complexity index is 993. The molecule has 1 aliphatic rings. The average molecular weight is 539 g/mol. The number of nitrogens with two attached hydrogens (primary N) is 2. The Morgan fingerprint density at radius 3 is 2.19 bits per heavy atom. The van der Waals surface area contributed by atoms with Crippen molar-refractivity contribution in [3.05, 3.63) is 29.8 Å². The van der Waals surface area contributed by atoms with Gasteiger partial charge in [-0.25, -0.2) is 13.6 Å². The minimum Gasteiger partial charge on any atom is -0.368 e. The third kappa shape index (κ3) is 11.6. The summed E-state index contributed by atoms with van der Waals surface area (Å²) >= 11 is 0. The largest absolute Gasteiger partial charge is 0.368 e. The molecule has 1 saturated heterocycles. The van der Waals surface area contributed by atoms with Gasteiger partial charge in [0.25, 0.3) is 0 Å². The molecule has 208 valence electrons. The Hall–Kier alpha value is -2.54. The number of carbonyl (C=O) groups is 3. The van der Waals surface area contributed by atoms with Crippen LogP contribution < -0.4 is 16.2 Å². The molecule has 1 aromatic rings. The molecule has 12 heteroatoms. The van der Waals surface area contributed by atoms with Gasteiger partial charge in [-0.3, -0.25) is 14.4 Å². The molecule has 5 N–H and O–H groups in total. The van der Waals surface area contributed by atoms with E-state index in [9.17, 15) is 22.8 Å². The predicted molar refractivity (Wildman–Crippen MR) is 142 cm³/mol. The highest BCUT2D eigenvalue weighted by atomic mass is 32.2. The van der Waals surface area contributed by atoms with Gasteiger partial charge in [0, 0.05) is 26.2 Å². The number of hydrogen-bond donors (Lipinski definition) is 3. The van der Waals surface area contributed by atoms with Crippen LogP contribution >= 0.6 is 0 Å². The zero-order chi connectivity index (χ0) is 27.4. The van der Waals surface area contributed by atoms with Gasteiger partial charge in [0.1, 0.15) is 0 Å². The second-order valence-electron chi connectivity index (χ2n) is 9.94. The molecular weight excluding hydrogens is 496 g/mol. The van der Waals surface area contributed by atoms with E-state index in [0.717, 1.165) is 31.6 Å². The van der Waals surface area contributed by atoms with Crippen LogP contribution in [0, 0.1) is 5.92 Å². The quantitative estimate of drug-likeness (QED) is 0.245. The summed E-state index contributed by atoms with van der Waals surface area (Å²) in [5.74, 6) is -0.820. The number of sulfonamides is 1. The van der Waals surface area contributed by atoms with Crippen LogP contribution in [0.4, 0.5) is 0 Å². The van der Waals surface area contributed by atoms with Crippen molar-refractivity contribution < 1.29 is 22.8 Å². The van der Waals surface area contributed by atoms with Crippen molar-refractivity contribution in [1.82, 2.24) is 20.0 Å². The molecular formula is C25H42N6O5S. The fraction of sp³-hybridized carbons (Fsp3) is 0.640. The lowest BCUT2D eigenvalue weighted by Gasteiger charge is -2.28. The van der Waals surface area contributed by atoms with Gasteiger partial charge in [0.2, 0.25) is 27.7 Å². The molecule has 0 saturated carbocycles. The van der Waals surface area contributed by atoms with Gasteiger partial charge in [-0.2, -0.15) is 0 Å². The normalized spacial score (nSPS) is 14.2. The molecule has 0 unspecified atom stereocenters. The molecule has 2 rings (SSSR count).